The van der Waals surface area contributed by atoms with E-state index >= 15 is 0 Å². The Labute approximate surface area is 144 Å². The number of para-hydroxylation sites is 1. The number of nitrogens with two attached hydrogens (primary N) is 1. The zero-order chi connectivity index (χ0) is 18.0. The normalized spacial score (nSPS) is 11.2. The third-order valence-electron chi connectivity index (χ3n) is 3.61. The number of carbonyl (C=O) groups excluding carboxylic acids is 1. The number of amides is 1. The summed E-state index contributed by atoms with van der Waals surface area (Å²) in [7, 11) is -2.56. The number of rotatable bonds is 5. The van der Waals surface area contributed by atoms with Crippen LogP contribution in [0.15, 0.2) is 59.6 Å². The number of hydrogen-bond donors (Lipinski definition) is 2. The Hall–Kier alpha value is -3.13. The highest BCUT2D eigenvalue weighted by Gasteiger charge is 2.20. The monoisotopic (exact) mass is 357 g/mol. The summed E-state index contributed by atoms with van der Waals surface area (Å²) in [4.78, 5) is 15.5. The number of nitrogens with zero attached hydrogens (tertiary/aromatic N) is 1. The Bertz CT molecular complexity index is 1060. The van der Waals surface area contributed by atoms with Gasteiger partial charge in [-0.3, -0.25) is 14.5 Å². The van der Waals surface area contributed by atoms with Crippen LogP contribution in [-0.4, -0.2) is 26.4 Å². The predicted octanol–water partition coefficient (Wildman–Crippen LogP) is 2.14. The van der Waals surface area contributed by atoms with Crippen LogP contribution >= 0.6 is 0 Å². The first-order chi connectivity index (χ1) is 11.9. The van der Waals surface area contributed by atoms with Crippen LogP contribution in [0.2, 0.25) is 0 Å². The van der Waals surface area contributed by atoms with Crippen molar-refractivity contribution in [2.75, 3.05) is 11.8 Å². The molecule has 0 spiro atoms. The molecule has 0 aliphatic carbocycles. The molecule has 128 valence electrons. The molecule has 0 fully saturated rings. The van der Waals surface area contributed by atoms with E-state index in [0.717, 1.165) is 0 Å². The molecule has 0 aliphatic rings. The van der Waals surface area contributed by atoms with Crippen LogP contribution in [0.3, 0.4) is 0 Å². The molecule has 0 atom stereocenters. The summed E-state index contributed by atoms with van der Waals surface area (Å²) in [5.41, 5.74) is 5.88. The second-order valence-electron chi connectivity index (χ2n) is 5.22. The number of nitrogens with one attached hydrogen (secondary N) is 1. The standard InChI is InChI=1S/C17H15N3O4S/c1-24-14-8-7-12(17(18)21)10-13(14)20-25(22,23)15-6-2-4-11-5-3-9-19-16(11)15/h2-10,20H,1H3,(H2,18,21). The molecule has 0 aliphatic heterocycles. The number of benzene rings is 2. The summed E-state index contributed by atoms with van der Waals surface area (Å²) >= 11 is 0. The molecule has 2 aromatic carbocycles. The SMILES string of the molecule is COc1ccc(C(N)=O)cc1NS(=O)(=O)c1cccc2cccnc12. The summed E-state index contributed by atoms with van der Waals surface area (Å²) < 4.78 is 33.3. The third kappa shape index (κ3) is 3.24. The summed E-state index contributed by atoms with van der Waals surface area (Å²) in [5.74, 6) is -0.406. The number of hydrogen-bond acceptors (Lipinski definition) is 5. The van der Waals surface area contributed by atoms with E-state index in [4.69, 9.17) is 10.5 Å². The van der Waals surface area contributed by atoms with Crippen LogP contribution in [0.5, 0.6) is 5.75 Å². The minimum Gasteiger partial charge on any atom is -0.495 e. The van der Waals surface area contributed by atoms with E-state index in [1.807, 2.05) is 0 Å². The van der Waals surface area contributed by atoms with Crippen molar-refractivity contribution in [3.63, 3.8) is 0 Å². The number of aromatic nitrogens is 1. The van der Waals surface area contributed by atoms with E-state index < -0.39 is 15.9 Å². The summed E-state index contributed by atoms with van der Waals surface area (Å²) in [6.45, 7) is 0. The molecule has 0 unspecified atom stereocenters. The van der Waals surface area contributed by atoms with Crippen molar-refractivity contribution in [1.29, 1.82) is 0 Å². The first-order valence-electron chi connectivity index (χ1n) is 7.27. The van der Waals surface area contributed by atoms with E-state index in [2.05, 4.69) is 9.71 Å². The first-order valence-corrected chi connectivity index (χ1v) is 8.75. The Morgan fingerprint density at radius 1 is 1.16 bits per heavy atom. The molecule has 0 saturated carbocycles. The molecule has 3 N–H and O–H groups in total. The van der Waals surface area contributed by atoms with E-state index in [-0.39, 0.29) is 21.9 Å². The van der Waals surface area contributed by atoms with Crippen molar-refractivity contribution in [1.82, 2.24) is 4.98 Å². The second kappa shape index (κ2) is 6.40. The van der Waals surface area contributed by atoms with Gasteiger partial charge >= 0.3 is 0 Å². The highest BCUT2D eigenvalue weighted by molar-refractivity contribution is 7.93. The summed E-state index contributed by atoms with van der Waals surface area (Å²) in [6.07, 6.45) is 1.52. The fourth-order valence-electron chi connectivity index (χ4n) is 2.43. The molecular weight excluding hydrogens is 342 g/mol. The molecule has 25 heavy (non-hydrogen) atoms. The fourth-order valence-corrected chi connectivity index (χ4v) is 3.68. The van der Waals surface area contributed by atoms with Gasteiger partial charge in [-0.2, -0.15) is 0 Å². The zero-order valence-electron chi connectivity index (χ0n) is 13.3. The van der Waals surface area contributed by atoms with E-state index in [0.29, 0.717) is 10.9 Å². The van der Waals surface area contributed by atoms with Crippen LogP contribution < -0.4 is 15.2 Å². The average molecular weight is 357 g/mol. The topological polar surface area (TPSA) is 111 Å². The van der Waals surface area contributed by atoms with Gasteiger partial charge in [0.1, 0.15) is 10.6 Å². The predicted molar refractivity (Wildman–Crippen MR) is 94.1 cm³/mol. The number of carbonyl (C=O) groups is 1. The maximum Gasteiger partial charge on any atom is 0.264 e. The minimum atomic E-state index is -3.96. The number of primary amides is 1. The maximum atomic E-state index is 12.8. The van der Waals surface area contributed by atoms with Gasteiger partial charge in [-0.1, -0.05) is 18.2 Å². The third-order valence-corrected chi connectivity index (χ3v) is 5.01. The van der Waals surface area contributed by atoms with Crippen LogP contribution in [-0.2, 0) is 10.0 Å². The molecule has 0 bridgehead atoms. The number of fused-ring (bicyclic) bond motifs is 1. The summed E-state index contributed by atoms with van der Waals surface area (Å²) in [5, 5.41) is 0.697. The van der Waals surface area contributed by atoms with E-state index in [9.17, 15) is 13.2 Å². The Morgan fingerprint density at radius 3 is 2.64 bits per heavy atom. The highest BCUT2D eigenvalue weighted by atomic mass is 32.2. The maximum absolute atomic E-state index is 12.8. The minimum absolute atomic E-state index is 0.0251. The molecule has 0 saturated heterocycles. The lowest BCUT2D eigenvalue weighted by Gasteiger charge is -2.13. The number of pyridine rings is 1. The van der Waals surface area contributed by atoms with Crippen LogP contribution in [0.4, 0.5) is 5.69 Å². The quantitative estimate of drug-likeness (QED) is 0.727. The van der Waals surface area contributed by atoms with Crippen molar-refractivity contribution in [3.8, 4) is 5.75 Å². The van der Waals surface area contributed by atoms with Crippen LogP contribution in [0.25, 0.3) is 10.9 Å². The highest BCUT2D eigenvalue weighted by Crippen LogP contribution is 2.29. The fraction of sp³-hybridized carbons (Fsp3) is 0.0588. The lowest BCUT2D eigenvalue weighted by atomic mass is 10.2. The molecule has 3 rings (SSSR count). The number of sulfonamides is 1. The second-order valence-corrected chi connectivity index (χ2v) is 6.87. The van der Waals surface area contributed by atoms with Crippen molar-refractivity contribution >= 4 is 32.5 Å². The summed E-state index contributed by atoms with van der Waals surface area (Å²) in [6, 6.07) is 12.6. The van der Waals surface area contributed by atoms with Crippen molar-refractivity contribution < 1.29 is 17.9 Å². The molecular formula is C17H15N3O4S. The molecule has 1 amide bonds. The van der Waals surface area contributed by atoms with Gasteiger partial charge in [0.25, 0.3) is 10.0 Å². The smallest absolute Gasteiger partial charge is 0.264 e. The van der Waals surface area contributed by atoms with Gasteiger partial charge in [0.15, 0.2) is 0 Å². The molecule has 1 heterocycles. The van der Waals surface area contributed by atoms with Gasteiger partial charge in [-0.05, 0) is 30.3 Å². The van der Waals surface area contributed by atoms with Crippen LogP contribution in [0.1, 0.15) is 10.4 Å². The number of anilines is 1. The van der Waals surface area contributed by atoms with E-state index in [1.54, 1.807) is 24.3 Å². The molecule has 8 heteroatoms. The molecule has 1 aromatic heterocycles. The van der Waals surface area contributed by atoms with Gasteiger partial charge in [0.05, 0.1) is 18.3 Å². The lowest BCUT2D eigenvalue weighted by molar-refractivity contribution is 0.100. The first kappa shape index (κ1) is 16.7. The van der Waals surface area contributed by atoms with Crippen molar-refractivity contribution in [2.45, 2.75) is 4.90 Å². The molecule has 0 radical (unpaired) electrons. The molecule has 7 nitrogen and oxygen atoms in total. The Balaban J connectivity index is 2.10. The molecule has 3 aromatic rings. The van der Waals surface area contributed by atoms with Gasteiger partial charge in [0, 0.05) is 17.1 Å². The lowest BCUT2D eigenvalue weighted by Crippen LogP contribution is -2.16. The number of ether oxygens (including phenoxy) is 1. The average Bonchev–Trinajstić information content (AvgIpc) is 2.60. The number of methoxy groups -OCH3 is 1. The van der Waals surface area contributed by atoms with Crippen molar-refractivity contribution in [2.24, 2.45) is 5.73 Å². The van der Waals surface area contributed by atoms with Gasteiger partial charge in [-0.25, -0.2) is 8.42 Å². The van der Waals surface area contributed by atoms with Crippen molar-refractivity contribution in [3.05, 3.63) is 60.3 Å². The zero-order valence-corrected chi connectivity index (χ0v) is 14.1. The van der Waals surface area contributed by atoms with Gasteiger partial charge < -0.3 is 10.5 Å². The van der Waals surface area contributed by atoms with E-state index in [1.165, 1.54) is 37.6 Å². The Morgan fingerprint density at radius 2 is 1.92 bits per heavy atom. The van der Waals surface area contributed by atoms with Gasteiger partial charge in [-0.15, -0.1) is 0 Å². The largest absolute Gasteiger partial charge is 0.495 e. The Kier molecular flexibility index (Phi) is 4.28. The van der Waals surface area contributed by atoms with Crippen LogP contribution in [0, 0.1) is 0 Å². The van der Waals surface area contributed by atoms with Gasteiger partial charge in [0.2, 0.25) is 5.91 Å².